The van der Waals surface area contributed by atoms with E-state index in [4.69, 9.17) is 9.47 Å². The summed E-state index contributed by atoms with van der Waals surface area (Å²) in [5, 5.41) is 13.6. The maximum absolute atomic E-state index is 12.2. The lowest BCUT2D eigenvalue weighted by atomic mass is 9.74. The van der Waals surface area contributed by atoms with Gasteiger partial charge in [0.1, 0.15) is 0 Å². The molecule has 2 aliphatic rings. The van der Waals surface area contributed by atoms with Crippen LogP contribution in [0.1, 0.15) is 29.6 Å². The second-order valence-corrected chi connectivity index (χ2v) is 7.21. The van der Waals surface area contributed by atoms with E-state index in [0.29, 0.717) is 17.9 Å². The van der Waals surface area contributed by atoms with Crippen molar-refractivity contribution >= 4 is 5.97 Å². The number of carboxylic acid groups (broad SMARTS) is 1. The molecule has 28 heavy (non-hydrogen) atoms. The number of hydrogen-bond acceptors (Lipinski definition) is 6. The van der Waals surface area contributed by atoms with Crippen LogP contribution in [0.2, 0.25) is 0 Å². The largest absolute Gasteiger partial charge is 0.493 e. The first-order valence-corrected chi connectivity index (χ1v) is 9.39. The van der Waals surface area contributed by atoms with Crippen molar-refractivity contribution in [2.75, 3.05) is 14.2 Å². The third-order valence-electron chi connectivity index (χ3n) is 5.78. The number of fused-ring (bicyclic) bond motifs is 1. The summed E-state index contributed by atoms with van der Waals surface area (Å²) in [4.78, 5) is 12.2. The first-order chi connectivity index (χ1) is 13.6. The monoisotopic (exact) mass is 383 g/mol. The van der Waals surface area contributed by atoms with Crippen molar-refractivity contribution in [2.24, 2.45) is 11.8 Å². The fourth-order valence-corrected chi connectivity index (χ4v) is 4.51. The Morgan fingerprint density at radius 3 is 2.50 bits per heavy atom. The smallest absolute Gasteiger partial charge is 0.307 e. The van der Waals surface area contributed by atoms with Crippen molar-refractivity contribution < 1.29 is 19.4 Å². The molecule has 4 rings (SSSR count). The first kappa shape index (κ1) is 18.7. The average Bonchev–Trinajstić information content (AvgIpc) is 3.16. The molecule has 7 nitrogen and oxygen atoms in total. The van der Waals surface area contributed by atoms with Crippen LogP contribution in [0.25, 0.3) is 0 Å². The molecule has 0 amide bonds. The number of nitrogens with one attached hydrogen (secondary N) is 3. The fraction of sp³-hybridized carbons (Fsp3) is 0.381. The third kappa shape index (κ3) is 3.22. The van der Waals surface area contributed by atoms with Gasteiger partial charge in [0.25, 0.3) is 0 Å². The minimum Gasteiger partial charge on any atom is -0.493 e. The van der Waals surface area contributed by atoms with Crippen molar-refractivity contribution in [2.45, 2.75) is 24.7 Å². The molecule has 0 radical (unpaired) electrons. The number of carboxylic acids is 1. The van der Waals surface area contributed by atoms with E-state index in [1.54, 1.807) is 14.2 Å². The number of hydrazine groups is 1. The molecule has 5 unspecified atom stereocenters. The van der Waals surface area contributed by atoms with Crippen LogP contribution >= 0.6 is 0 Å². The molecule has 0 aromatic heterocycles. The standard InChI is InChI=1S/C21H25N3O4/c1-27-16-10-6-9-13(19(16)28-2)15-11-14(21(25)26)17-18(23-24-20(17)22-15)12-7-4-3-5-8-12/h3-10,14-15,17-18,20,22-24H,11H2,1-2H3,(H,25,26). The van der Waals surface area contributed by atoms with E-state index in [2.05, 4.69) is 16.2 Å². The molecule has 0 aliphatic carbocycles. The van der Waals surface area contributed by atoms with Crippen molar-refractivity contribution in [3.8, 4) is 11.5 Å². The van der Waals surface area contributed by atoms with Crippen LogP contribution < -0.4 is 25.6 Å². The highest BCUT2D eigenvalue weighted by Gasteiger charge is 2.49. The summed E-state index contributed by atoms with van der Waals surface area (Å²) in [7, 11) is 3.20. The average molecular weight is 383 g/mol. The number of piperidine rings is 1. The van der Waals surface area contributed by atoms with Gasteiger partial charge in [-0.05, 0) is 18.1 Å². The second kappa shape index (κ2) is 7.79. The van der Waals surface area contributed by atoms with E-state index in [-0.39, 0.29) is 24.2 Å². The van der Waals surface area contributed by atoms with Gasteiger partial charge in [0.05, 0.1) is 32.3 Å². The first-order valence-electron chi connectivity index (χ1n) is 9.39. The SMILES string of the molecule is COc1cccc(C2CC(C(=O)O)C3C(NNC3c3ccccc3)N2)c1OC. The van der Waals surface area contributed by atoms with Crippen LogP contribution in [0.15, 0.2) is 48.5 Å². The summed E-state index contributed by atoms with van der Waals surface area (Å²) in [5.74, 6) is -0.145. The predicted octanol–water partition coefficient (Wildman–Crippen LogP) is 2.23. The topological polar surface area (TPSA) is 91.9 Å². The second-order valence-electron chi connectivity index (χ2n) is 7.21. The summed E-state index contributed by atoms with van der Waals surface area (Å²) < 4.78 is 11.0. The summed E-state index contributed by atoms with van der Waals surface area (Å²) >= 11 is 0. The summed E-state index contributed by atoms with van der Waals surface area (Å²) in [6.45, 7) is 0. The maximum Gasteiger partial charge on any atom is 0.307 e. The van der Waals surface area contributed by atoms with Gasteiger partial charge in [-0.1, -0.05) is 42.5 Å². The molecule has 2 fully saturated rings. The molecular weight excluding hydrogens is 358 g/mol. The predicted molar refractivity (Wildman–Crippen MR) is 104 cm³/mol. The van der Waals surface area contributed by atoms with Crippen LogP contribution in [-0.4, -0.2) is 31.5 Å². The minimum absolute atomic E-state index is 0.0760. The molecular formula is C21H25N3O4. The molecule has 5 atom stereocenters. The van der Waals surface area contributed by atoms with E-state index in [0.717, 1.165) is 11.1 Å². The Bertz CT molecular complexity index is 845. The molecule has 2 aromatic carbocycles. The van der Waals surface area contributed by atoms with Gasteiger partial charge in [0.2, 0.25) is 0 Å². The maximum atomic E-state index is 12.2. The minimum atomic E-state index is -0.783. The van der Waals surface area contributed by atoms with E-state index < -0.39 is 11.9 Å². The third-order valence-corrected chi connectivity index (χ3v) is 5.78. The molecule has 0 saturated carbocycles. The van der Waals surface area contributed by atoms with E-state index in [1.807, 2.05) is 48.5 Å². The Morgan fingerprint density at radius 1 is 1.04 bits per heavy atom. The highest BCUT2D eigenvalue weighted by atomic mass is 16.5. The van der Waals surface area contributed by atoms with Gasteiger partial charge < -0.3 is 14.6 Å². The van der Waals surface area contributed by atoms with Crippen LogP contribution in [0, 0.1) is 11.8 Å². The zero-order valence-electron chi connectivity index (χ0n) is 15.9. The molecule has 0 spiro atoms. The number of para-hydroxylation sites is 1. The number of rotatable bonds is 5. The Balaban J connectivity index is 1.66. The van der Waals surface area contributed by atoms with Gasteiger partial charge in [-0.3, -0.25) is 10.1 Å². The Kier molecular flexibility index (Phi) is 5.21. The molecule has 2 saturated heterocycles. The lowest BCUT2D eigenvalue weighted by Gasteiger charge is -2.39. The number of methoxy groups -OCH3 is 2. The zero-order valence-corrected chi connectivity index (χ0v) is 15.9. The number of carbonyl (C=O) groups is 1. The van der Waals surface area contributed by atoms with Crippen molar-refractivity contribution in [1.82, 2.24) is 16.2 Å². The molecule has 2 aromatic rings. The Hall–Kier alpha value is -2.61. The molecule has 148 valence electrons. The van der Waals surface area contributed by atoms with E-state index >= 15 is 0 Å². The van der Waals surface area contributed by atoms with Crippen molar-refractivity contribution in [1.29, 1.82) is 0 Å². The highest BCUT2D eigenvalue weighted by molar-refractivity contribution is 5.71. The van der Waals surface area contributed by atoms with Gasteiger partial charge in [0.15, 0.2) is 11.5 Å². The van der Waals surface area contributed by atoms with Crippen LogP contribution in [-0.2, 0) is 4.79 Å². The molecule has 0 bridgehead atoms. The van der Waals surface area contributed by atoms with Crippen molar-refractivity contribution in [3.05, 3.63) is 59.7 Å². The van der Waals surface area contributed by atoms with E-state index in [9.17, 15) is 9.90 Å². The normalized spacial score (nSPS) is 29.1. The van der Waals surface area contributed by atoms with Gasteiger partial charge in [-0.2, -0.15) is 0 Å². The number of ether oxygens (including phenoxy) is 2. The Labute approximate surface area is 164 Å². The Morgan fingerprint density at radius 2 is 1.82 bits per heavy atom. The number of hydrogen-bond donors (Lipinski definition) is 4. The molecule has 4 N–H and O–H groups in total. The van der Waals surface area contributed by atoms with Crippen LogP contribution in [0.3, 0.4) is 0 Å². The summed E-state index contributed by atoms with van der Waals surface area (Å²) in [6, 6.07) is 15.4. The molecule has 2 heterocycles. The molecule has 2 aliphatic heterocycles. The van der Waals surface area contributed by atoms with E-state index in [1.165, 1.54) is 0 Å². The number of aliphatic carboxylic acids is 1. The quantitative estimate of drug-likeness (QED) is 0.629. The van der Waals surface area contributed by atoms with Crippen LogP contribution in [0.4, 0.5) is 0 Å². The summed E-state index contributed by atoms with van der Waals surface area (Å²) in [6.07, 6.45) is 0.285. The molecule has 7 heteroatoms. The van der Waals surface area contributed by atoms with Gasteiger partial charge in [-0.25, -0.2) is 10.9 Å². The fourth-order valence-electron chi connectivity index (χ4n) is 4.51. The highest BCUT2D eigenvalue weighted by Crippen LogP contribution is 2.45. The lowest BCUT2D eigenvalue weighted by Crippen LogP contribution is -2.53. The number of benzene rings is 2. The van der Waals surface area contributed by atoms with Gasteiger partial charge in [0, 0.05) is 17.5 Å². The van der Waals surface area contributed by atoms with Crippen molar-refractivity contribution in [3.63, 3.8) is 0 Å². The zero-order chi connectivity index (χ0) is 19.7. The van der Waals surface area contributed by atoms with Gasteiger partial charge >= 0.3 is 5.97 Å². The lowest BCUT2D eigenvalue weighted by molar-refractivity contribution is -0.146. The van der Waals surface area contributed by atoms with Gasteiger partial charge in [-0.15, -0.1) is 0 Å². The van der Waals surface area contributed by atoms with Crippen LogP contribution in [0.5, 0.6) is 11.5 Å². The summed E-state index contributed by atoms with van der Waals surface area (Å²) in [5.41, 5.74) is 8.53.